The Morgan fingerprint density at radius 3 is 2.91 bits per heavy atom. The summed E-state index contributed by atoms with van der Waals surface area (Å²) in [7, 11) is 1.34. The van der Waals surface area contributed by atoms with Gasteiger partial charge in [0.1, 0.15) is 11.8 Å². The van der Waals surface area contributed by atoms with Gasteiger partial charge in [0.2, 0.25) is 5.88 Å². The molecule has 1 fully saturated rings. The fraction of sp³-hybridized carbons (Fsp3) is 0.562. The van der Waals surface area contributed by atoms with Crippen LogP contribution in [0.5, 0.6) is 5.88 Å². The van der Waals surface area contributed by atoms with Crippen LogP contribution in [-0.4, -0.2) is 40.6 Å². The Morgan fingerprint density at radius 2 is 2.26 bits per heavy atom. The van der Waals surface area contributed by atoms with E-state index in [2.05, 4.69) is 10.1 Å². The van der Waals surface area contributed by atoms with Crippen molar-refractivity contribution in [2.24, 2.45) is 0 Å². The number of methoxy groups -OCH3 is 1. The first-order valence-corrected chi connectivity index (χ1v) is 7.85. The van der Waals surface area contributed by atoms with Crippen molar-refractivity contribution in [3.63, 3.8) is 0 Å². The molecule has 0 radical (unpaired) electrons. The van der Waals surface area contributed by atoms with Crippen LogP contribution >= 0.6 is 0 Å². The van der Waals surface area contributed by atoms with Crippen molar-refractivity contribution in [2.45, 2.75) is 45.4 Å². The van der Waals surface area contributed by atoms with Gasteiger partial charge in [-0.25, -0.2) is 9.48 Å². The lowest BCUT2D eigenvalue weighted by atomic mass is 10.2. The predicted molar refractivity (Wildman–Crippen MR) is 83.5 cm³/mol. The van der Waals surface area contributed by atoms with Crippen LogP contribution in [-0.2, 0) is 9.47 Å². The van der Waals surface area contributed by atoms with E-state index in [9.17, 15) is 4.79 Å². The molecule has 2 aromatic rings. The Morgan fingerprint density at radius 1 is 1.43 bits per heavy atom. The molecule has 1 aliphatic rings. The summed E-state index contributed by atoms with van der Waals surface area (Å²) in [6, 6.07) is 1.71. The van der Waals surface area contributed by atoms with Crippen LogP contribution in [0.1, 0.15) is 49.7 Å². The first-order chi connectivity index (χ1) is 11.1. The fourth-order valence-corrected chi connectivity index (χ4v) is 2.61. The molecule has 1 unspecified atom stereocenters. The molecule has 1 saturated heterocycles. The number of ether oxygens (including phenoxy) is 3. The molecule has 1 aliphatic heterocycles. The Bertz CT molecular complexity index is 705. The number of fused-ring (bicyclic) bond motifs is 1. The molecule has 7 nitrogen and oxygen atoms in total. The standard InChI is InChI=1S/C16H21N3O4/c1-10(2)23-15-12(16(20)21-3)8-11-9-19(18-14(11)17-15)13-6-4-5-7-22-13/h8-10,13H,4-7H2,1-3H3. The normalized spacial score (nSPS) is 18.3. The minimum Gasteiger partial charge on any atom is -0.474 e. The Labute approximate surface area is 134 Å². The molecule has 3 rings (SSSR count). The SMILES string of the molecule is COC(=O)c1cc2cn(C3CCCCO3)nc2nc1OC(C)C. The number of rotatable bonds is 4. The van der Waals surface area contributed by atoms with Gasteiger partial charge in [0.15, 0.2) is 5.65 Å². The van der Waals surface area contributed by atoms with Gasteiger partial charge < -0.3 is 14.2 Å². The topological polar surface area (TPSA) is 75.5 Å². The van der Waals surface area contributed by atoms with Crippen molar-refractivity contribution in [1.82, 2.24) is 14.8 Å². The number of carbonyl (C=O) groups excluding carboxylic acids is 1. The third-order valence-corrected chi connectivity index (χ3v) is 3.68. The van der Waals surface area contributed by atoms with Crippen molar-refractivity contribution >= 4 is 17.0 Å². The second kappa shape index (κ2) is 6.54. The lowest BCUT2D eigenvalue weighted by molar-refractivity contribution is -0.0391. The molecule has 3 heterocycles. The summed E-state index contributed by atoms with van der Waals surface area (Å²) in [5, 5.41) is 5.24. The second-order valence-corrected chi connectivity index (χ2v) is 5.84. The maximum Gasteiger partial charge on any atom is 0.343 e. The molecule has 0 N–H and O–H groups in total. The van der Waals surface area contributed by atoms with E-state index in [1.165, 1.54) is 7.11 Å². The summed E-state index contributed by atoms with van der Waals surface area (Å²) in [6.07, 6.45) is 4.79. The number of aromatic nitrogens is 3. The van der Waals surface area contributed by atoms with Gasteiger partial charge in [0, 0.05) is 18.2 Å². The van der Waals surface area contributed by atoms with E-state index in [1.807, 2.05) is 20.0 Å². The number of nitrogens with zero attached hydrogens (tertiary/aromatic N) is 3. The number of hydrogen-bond donors (Lipinski definition) is 0. The Hall–Kier alpha value is -2.15. The zero-order valence-electron chi connectivity index (χ0n) is 13.6. The number of hydrogen-bond acceptors (Lipinski definition) is 6. The van der Waals surface area contributed by atoms with Crippen molar-refractivity contribution in [3.8, 4) is 5.88 Å². The van der Waals surface area contributed by atoms with E-state index in [4.69, 9.17) is 14.2 Å². The smallest absolute Gasteiger partial charge is 0.343 e. The summed E-state index contributed by atoms with van der Waals surface area (Å²) in [4.78, 5) is 16.4. The first kappa shape index (κ1) is 15.7. The lowest BCUT2D eigenvalue weighted by Gasteiger charge is -2.22. The van der Waals surface area contributed by atoms with E-state index in [-0.39, 0.29) is 18.2 Å². The molecule has 0 saturated carbocycles. The summed E-state index contributed by atoms with van der Waals surface area (Å²) < 4.78 is 18.0. The van der Waals surface area contributed by atoms with E-state index in [0.717, 1.165) is 31.3 Å². The van der Waals surface area contributed by atoms with Crippen LogP contribution in [0, 0.1) is 0 Å². The molecule has 2 aromatic heterocycles. The second-order valence-electron chi connectivity index (χ2n) is 5.84. The highest BCUT2D eigenvalue weighted by Gasteiger charge is 2.21. The van der Waals surface area contributed by atoms with Crippen molar-refractivity contribution < 1.29 is 19.0 Å². The third-order valence-electron chi connectivity index (χ3n) is 3.68. The summed E-state index contributed by atoms with van der Waals surface area (Å²) in [5.41, 5.74) is 0.834. The van der Waals surface area contributed by atoms with Gasteiger partial charge >= 0.3 is 5.97 Å². The van der Waals surface area contributed by atoms with Crippen LogP contribution in [0.3, 0.4) is 0 Å². The number of carbonyl (C=O) groups is 1. The summed E-state index contributed by atoms with van der Waals surface area (Å²) >= 11 is 0. The van der Waals surface area contributed by atoms with Crippen molar-refractivity contribution in [1.29, 1.82) is 0 Å². The van der Waals surface area contributed by atoms with Crippen LogP contribution in [0.2, 0.25) is 0 Å². The molecule has 23 heavy (non-hydrogen) atoms. The predicted octanol–water partition coefficient (Wildman–Crippen LogP) is 2.70. The van der Waals surface area contributed by atoms with Gasteiger partial charge in [-0.15, -0.1) is 5.10 Å². The zero-order valence-corrected chi connectivity index (χ0v) is 13.6. The fourth-order valence-electron chi connectivity index (χ4n) is 2.61. The monoisotopic (exact) mass is 319 g/mol. The molecule has 1 atom stereocenters. The molecule has 0 spiro atoms. The van der Waals surface area contributed by atoms with E-state index < -0.39 is 5.97 Å². The maximum absolute atomic E-state index is 12.0. The Balaban J connectivity index is 2.01. The van der Waals surface area contributed by atoms with Gasteiger partial charge in [0.25, 0.3) is 0 Å². The minimum atomic E-state index is -0.475. The molecule has 0 aliphatic carbocycles. The van der Waals surface area contributed by atoms with Crippen molar-refractivity contribution in [3.05, 3.63) is 17.8 Å². The Kier molecular flexibility index (Phi) is 4.47. The van der Waals surface area contributed by atoms with Gasteiger partial charge in [-0.05, 0) is 39.2 Å². The molecule has 0 bridgehead atoms. The summed E-state index contributed by atoms with van der Waals surface area (Å²) in [6.45, 7) is 4.49. The third kappa shape index (κ3) is 3.29. The lowest BCUT2D eigenvalue weighted by Crippen LogP contribution is -2.18. The highest BCUT2D eigenvalue weighted by atomic mass is 16.5. The van der Waals surface area contributed by atoms with Gasteiger partial charge in [-0.3, -0.25) is 0 Å². The molecular formula is C16H21N3O4. The van der Waals surface area contributed by atoms with Crippen LogP contribution in [0.25, 0.3) is 11.0 Å². The van der Waals surface area contributed by atoms with Crippen LogP contribution in [0.15, 0.2) is 12.3 Å². The average molecular weight is 319 g/mol. The number of esters is 1. The van der Waals surface area contributed by atoms with E-state index >= 15 is 0 Å². The molecule has 124 valence electrons. The largest absolute Gasteiger partial charge is 0.474 e. The number of pyridine rings is 1. The molecule has 0 aromatic carbocycles. The van der Waals surface area contributed by atoms with Gasteiger partial charge in [0.05, 0.1) is 13.2 Å². The zero-order chi connectivity index (χ0) is 16.4. The van der Waals surface area contributed by atoms with Crippen LogP contribution in [0.4, 0.5) is 0 Å². The first-order valence-electron chi connectivity index (χ1n) is 7.85. The molecule has 7 heteroatoms. The summed E-state index contributed by atoms with van der Waals surface area (Å²) in [5.74, 6) is -0.231. The van der Waals surface area contributed by atoms with Crippen molar-refractivity contribution in [2.75, 3.05) is 13.7 Å². The van der Waals surface area contributed by atoms with Gasteiger partial charge in [-0.1, -0.05) is 0 Å². The molecule has 0 amide bonds. The average Bonchev–Trinajstić information content (AvgIpc) is 2.96. The maximum atomic E-state index is 12.0. The highest BCUT2D eigenvalue weighted by molar-refractivity contribution is 5.95. The molecular weight excluding hydrogens is 298 g/mol. The van der Waals surface area contributed by atoms with E-state index in [0.29, 0.717) is 11.2 Å². The minimum absolute atomic E-state index is 0.0750. The highest BCUT2D eigenvalue weighted by Crippen LogP contribution is 2.27. The van der Waals surface area contributed by atoms with E-state index in [1.54, 1.807) is 10.7 Å². The van der Waals surface area contributed by atoms with Gasteiger partial charge in [-0.2, -0.15) is 4.98 Å². The van der Waals surface area contributed by atoms with Crippen LogP contribution < -0.4 is 4.74 Å². The quantitative estimate of drug-likeness (QED) is 0.807.